The topological polar surface area (TPSA) is 41.8 Å². The second kappa shape index (κ2) is 4.03. The number of H-pyrrole nitrogens is 1. The van der Waals surface area contributed by atoms with Gasteiger partial charge in [0, 0.05) is 28.5 Å². The maximum absolute atomic E-state index is 13.2. The van der Waals surface area contributed by atoms with Crippen molar-refractivity contribution >= 4 is 22.5 Å². The van der Waals surface area contributed by atoms with Crippen LogP contribution in [0.2, 0.25) is 5.02 Å². The standard InChI is InChI=1S/C11H11ClF2N2/c12-8-1-2-9-7(4-11(13,14)6-15)5-16-10(9)3-8/h1-3,5,16H,4,6,15H2. The molecule has 0 atom stereocenters. The molecule has 0 saturated heterocycles. The Kier molecular flexibility index (Phi) is 2.86. The number of aromatic amines is 1. The van der Waals surface area contributed by atoms with Gasteiger partial charge in [0.2, 0.25) is 0 Å². The summed E-state index contributed by atoms with van der Waals surface area (Å²) in [5, 5.41) is 1.34. The number of nitrogens with one attached hydrogen (secondary N) is 1. The fourth-order valence-electron chi connectivity index (χ4n) is 1.66. The summed E-state index contributed by atoms with van der Waals surface area (Å²) in [6.45, 7) is -0.646. The van der Waals surface area contributed by atoms with Crippen LogP contribution >= 0.6 is 11.6 Å². The van der Waals surface area contributed by atoms with Crippen LogP contribution in [0.1, 0.15) is 5.56 Å². The van der Waals surface area contributed by atoms with Crippen molar-refractivity contribution in [2.24, 2.45) is 5.73 Å². The van der Waals surface area contributed by atoms with Crippen molar-refractivity contribution in [3.8, 4) is 0 Å². The van der Waals surface area contributed by atoms with Crippen LogP contribution in [0.4, 0.5) is 8.78 Å². The van der Waals surface area contributed by atoms with E-state index in [4.69, 9.17) is 17.3 Å². The fraction of sp³-hybridized carbons (Fsp3) is 0.273. The van der Waals surface area contributed by atoms with Gasteiger partial charge in [0.1, 0.15) is 0 Å². The third kappa shape index (κ3) is 2.18. The monoisotopic (exact) mass is 244 g/mol. The summed E-state index contributed by atoms with van der Waals surface area (Å²) < 4.78 is 26.3. The van der Waals surface area contributed by atoms with Crippen molar-refractivity contribution in [3.63, 3.8) is 0 Å². The van der Waals surface area contributed by atoms with Gasteiger partial charge in [-0.1, -0.05) is 17.7 Å². The number of fused-ring (bicyclic) bond motifs is 1. The fourth-order valence-corrected chi connectivity index (χ4v) is 1.83. The Morgan fingerprint density at radius 3 is 2.81 bits per heavy atom. The number of aromatic nitrogens is 1. The lowest BCUT2D eigenvalue weighted by molar-refractivity contribution is 0.0118. The lowest BCUT2D eigenvalue weighted by Gasteiger charge is -2.12. The van der Waals surface area contributed by atoms with Gasteiger partial charge in [-0.3, -0.25) is 0 Å². The van der Waals surface area contributed by atoms with Crippen LogP contribution in [-0.4, -0.2) is 17.5 Å². The summed E-state index contributed by atoms with van der Waals surface area (Å²) in [4.78, 5) is 2.92. The summed E-state index contributed by atoms with van der Waals surface area (Å²) in [6.07, 6.45) is 1.22. The van der Waals surface area contributed by atoms with Gasteiger partial charge in [0.15, 0.2) is 0 Å². The third-order valence-electron chi connectivity index (χ3n) is 2.48. The van der Waals surface area contributed by atoms with Crippen molar-refractivity contribution in [3.05, 3.63) is 35.0 Å². The van der Waals surface area contributed by atoms with Crippen molar-refractivity contribution in [2.75, 3.05) is 6.54 Å². The van der Waals surface area contributed by atoms with E-state index in [-0.39, 0.29) is 6.42 Å². The first-order valence-electron chi connectivity index (χ1n) is 4.85. The molecular weight excluding hydrogens is 234 g/mol. The molecule has 5 heteroatoms. The van der Waals surface area contributed by atoms with Crippen molar-refractivity contribution in [1.29, 1.82) is 0 Å². The van der Waals surface area contributed by atoms with E-state index < -0.39 is 12.5 Å². The normalized spacial score (nSPS) is 12.2. The minimum atomic E-state index is -2.87. The summed E-state index contributed by atoms with van der Waals surface area (Å²) in [5.74, 6) is -2.87. The Balaban J connectivity index is 2.39. The highest BCUT2D eigenvalue weighted by Crippen LogP contribution is 2.26. The molecule has 16 heavy (non-hydrogen) atoms. The summed E-state index contributed by atoms with van der Waals surface area (Å²) in [7, 11) is 0. The van der Waals surface area contributed by atoms with E-state index in [0.29, 0.717) is 10.6 Å². The molecule has 0 unspecified atom stereocenters. The van der Waals surface area contributed by atoms with E-state index in [9.17, 15) is 8.78 Å². The molecule has 2 nitrogen and oxygen atoms in total. The van der Waals surface area contributed by atoms with Gasteiger partial charge < -0.3 is 10.7 Å². The predicted molar refractivity (Wildman–Crippen MR) is 61.0 cm³/mol. The van der Waals surface area contributed by atoms with E-state index in [1.54, 1.807) is 24.4 Å². The average molecular weight is 245 g/mol. The first kappa shape index (κ1) is 11.4. The van der Waals surface area contributed by atoms with Gasteiger partial charge in [-0.15, -0.1) is 0 Å². The minimum absolute atomic E-state index is 0.356. The first-order chi connectivity index (χ1) is 7.52. The molecule has 2 rings (SSSR count). The van der Waals surface area contributed by atoms with E-state index >= 15 is 0 Å². The maximum atomic E-state index is 13.2. The molecule has 0 radical (unpaired) electrons. The third-order valence-corrected chi connectivity index (χ3v) is 2.71. The van der Waals surface area contributed by atoms with Gasteiger partial charge in [-0.2, -0.15) is 0 Å². The van der Waals surface area contributed by atoms with Gasteiger partial charge in [-0.25, -0.2) is 8.78 Å². The molecule has 0 aliphatic heterocycles. The molecule has 86 valence electrons. The highest BCUT2D eigenvalue weighted by molar-refractivity contribution is 6.31. The van der Waals surface area contributed by atoms with Crippen molar-refractivity contribution < 1.29 is 8.78 Å². The number of hydrogen-bond donors (Lipinski definition) is 2. The Hall–Kier alpha value is -1.13. The van der Waals surface area contributed by atoms with Crippen LogP contribution < -0.4 is 5.73 Å². The predicted octanol–water partition coefficient (Wildman–Crippen LogP) is 2.96. The van der Waals surface area contributed by atoms with Crippen LogP contribution in [0.25, 0.3) is 10.9 Å². The molecule has 0 bridgehead atoms. The SMILES string of the molecule is NCC(F)(F)Cc1c[nH]c2cc(Cl)ccc12. The maximum Gasteiger partial charge on any atom is 0.264 e. The van der Waals surface area contributed by atoms with Crippen molar-refractivity contribution in [2.45, 2.75) is 12.3 Å². The molecule has 0 fully saturated rings. The van der Waals surface area contributed by atoms with Crippen LogP contribution in [-0.2, 0) is 6.42 Å². The number of nitrogens with two attached hydrogens (primary N) is 1. The molecule has 1 heterocycles. The number of benzene rings is 1. The summed E-state index contributed by atoms with van der Waals surface area (Å²) in [5.41, 5.74) is 6.33. The van der Waals surface area contributed by atoms with Gasteiger partial charge >= 0.3 is 0 Å². The van der Waals surface area contributed by atoms with Crippen LogP contribution in [0, 0.1) is 0 Å². The quantitative estimate of drug-likeness (QED) is 0.856. The van der Waals surface area contributed by atoms with E-state index in [1.165, 1.54) is 0 Å². The number of hydrogen-bond acceptors (Lipinski definition) is 1. The molecule has 0 saturated carbocycles. The molecule has 3 N–H and O–H groups in total. The Morgan fingerprint density at radius 2 is 2.12 bits per heavy atom. The Bertz CT molecular complexity index is 508. The number of halogens is 3. The second-order valence-electron chi connectivity index (χ2n) is 3.74. The molecule has 1 aromatic heterocycles. The lowest BCUT2D eigenvalue weighted by Crippen LogP contribution is -2.30. The van der Waals surface area contributed by atoms with Crippen LogP contribution in [0.15, 0.2) is 24.4 Å². The number of rotatable bonds is 3. The van der Waals surface area contributed by atoms with E-state index in [1.807, 2.05) is 0 Å². The smallest absolute Gasteiger partial charge is 0.264 e. The molecule has 0 aliphatic rings. The highest BCUT2D eigenvalue weighted by Gasteiger charge is 2.28. The van der Waals surface area contributed by atoms with Gasteiger partial charge in [0.25, 0.3) is 5.92 Å². The van der Waals surface area contributed by atoms with Crippen LogP contribution in [0.5, 0.6) is 0 Å². The molecule has 0 aliphatic carbocycles. The molecular formula is C11H11ClF2N2. The highest BCUT2D eigenvalue weighted by atomic mass is 35.5. The summed E-state index contributed by atoms with van der Waals surface area (Å²) in [6, 6.07) is 5.12. The zero-order valence-electron chi connectivity index (χ0n) is 8.43. The zero-order chi connectivity index (χ0) is 11.8. The largest absolute Gasteiger partial charge is 0.361 e. The van der Waals surface area contributed by atoms with E-state index in [0.717, 1.165) is 10.9 Å². The van der Waals surface area contributed by atoms with Crippen molar-refractivity contribution in [1.82, 2.24) is 4.98 Å². The average Bonchev–Trinajstić information content (AvgIpc) is 2.60. The lowest BCUT2D eigenvalue weighted by atomic mass is 10.1. The van der Waals surface area contributed by atoms with Crippen LogP contribution in [0.3, 0.4) is 0 Å². The van der Waals surface area contributed by atoms with Gasteiger partial charge in [-0.05, 0) is 17.7 Å². The Morgan fingerprint density at radius 1 is 1.38 bits per heavy atom. The Labute approximate surface area is 96.4 Å². The number of alkyl halides is 2. The van der Waals surface area contributed by atoms with E-state index in [2.05, 4.69) is 4.98 Å². The second-order valence-corrected chi connectivity index (χ2v) is 4.18. The summed E-state index contributed by atoms with van der Waals surface area (Å²) >= 11 is 5.80. The van der Waals surface area contributed by atoms with Gasteiger partial charge in [0.05, 0.1) is 6.54 Å². The molecule has 1 aromatic carbocycles. The molecule has 2 aromatic rings. The first-order valence-corrected chi connectivity index (χ1v) is 5.23. The zero-order valence-corrected chi connectivity index (χ0v) is 9.19. The minimum Gasteiger partial charge on any atom is -0.361 e. The molecule has 0 spiro atoms. The molecule has 0 amide bonds.